The van der Waals surface area contributed by atoms with Crippen molar-refractivity contribution in [2.45, 2.75) is 26.2 Å². The topological polar surface area (TPSA) is 35.5 Å². The zero-order chi connectivity index (χ0) is 10.4. The fraction of sp³-hybridized carbons (Fsp3) is 0.727. The molecule has 0 aromatic carbocycles. The number of ether oxygens (including phenoxy) is 2. The van der Waals surface area contributed by atoms with Crippen LogP contribution in [0.1, 0.15) is 26.2 Å². The van der Waals surface area contributed by atoms with Crippen molar-refractivity contribution in [1.82, 2.24) is 0 Å². The van der Waals surface area contributed by atoms with Gasteiger partial charge in [0.05, 0.1) is 13.7 Å². The van der Waals surface area contributed by atoms with Crippen LogP contribution in [0.3, 0.4) is 0 Å². The molecule has 0 amide bonds. The largest absolute Gasteiger partial charge is 0.507 e. The molecule has 0 aromatic rings. The lowest BCUT2D eigenvalue weighted by Gasteiger charge is -1.96. The second kappa shape index (κ2) is 5.68. The van der Waals surface area contributed by atoms with Gasteiger partial charge in [-0.2, -0.15) is 0 Å². The third kappa shape index (κ3) is 3.40. The Balaban J connectivity index is 0.000000140. The number of hydrogen-bond donors (Lipinski definition) is 0. The van der Waals surface area contributed by atoms with Crippen molar-refractivity contribution in [3.63, 3.8) is 0 Å². The molecule has 2 rings (SSSR count). The normalized spacial score (nSPS) is 26.7. The number of methoxy groups -OCH3 is 1. The lowest BCUT2D eigenvalue weighted by Crippen LogP contribution is -2.02. The van der Waals surface area contributed by atoms with E-state index in [2.05, 4.69) is 21.6 Å². The fourth-order valence-corrected chi connectivity index (χ4v) is 1.89. The van der Waals surface area contributed by atoms with Gasteiger partial charge in [0.2, 0.25) is 0 Å². The van der Waals surface area contributed by atoms with Gasteiger partial charge in [0.1, 0.15) is 0 Å². The predicted molar refractivity (Wildman–Crippen MR) is 54.0 cm³/mol. The van der Waals surface area contributed by atoms with Crippen LogP contribution in [-0.2, 0) is 9.47 Å². The number of rotatable bonds is 1. The number of allylic oxidation sites excluding steroid dienone is 2. The van der Waals surface area contributed by atoms with Gasteiger partial charge in [0.25, 0.3) is 0 Å². The van der Waals surface area contributed by atoms with Crippen LogP contribution >= 0.6 is 0 Å². The van der Waals surface area contributed by atoms with Crippen LogP contribution in [0.2, 0.25) is 0 Å². The average Bonchev–Trinajstić information content (AvgIpc) is 2.82. The van der Waals surface area contributed by atoms with Crippen LogP contribution in [0.4, 0.5) is 4.79 Å². The van der Waals surface area contributed by atoms with E-state index in [-0.39, 0.29) is 0 Å². The maximum atomic E-state index is 9.97. The van der Waals surface area contributed by atoms with Gasteiger partial charge >= 0.3 is 6.16 Å². The summed E-state index contributed by atoms with van der Waals surface area (Å²) in [6, 6.07) is 0. The number of carbonyl (C=O) groups excluding carboxylic acids is 1. The second-order valence-corrected chi connectivity index (χ2v) is 3.61. The molecule has 0 radical (unpaired) electrons. The van der Waals surface area contributed by atoms with Crippen LogP contribution in [-0.4, -0.2) is 19.9 Å². The Hall–Kier alpha value is -0.990. The van der Waals surface area contributed by atoms with E-state index in [9.17, 15) is 4.79 Å². The number of hydrogen-bond acceptors (Lipinski definition) is 3. The van der Waals surface area contributed by atoms with Crippen molar-refractivity contribution in [2.75, 3.05) is 13.7 Å². The second-order valence-electron chi connectivity index (χ2n) is 3.61. The van der Waals surface area contributed by atoms with Crippen LogP contribution in [0, 0.1) is 11.8 Å². The molecule has 2 aliphatic carbocycles. The number of fused-ring (bicyclic) bond motifs is 2. The number of carbonyl (C=O) groups is 1. The van der Waals surface area contributed by atoms with E-state index in [1.807, 2.05) is 0 Å². The van der Waals surface area contributed by atoms with E-state index in [0.29, 0.717) is 6.61 Å². The van der Waals surface area contributed by atoms with Crippen molar-refractivity contribution < 1.29 is 14.3 Å². The summed E-state index contributed by atoms with van der Waals surface area (Å²) in [6.07, 6.45) is 8.56. The molecule has 80 valence electrons. The van der Waals surface area contributed by atoms with Crippen molar-refractivity contribution in [2.24, 2.45) is 11.8 Å². The van der Waals surface area contributed by atoms with E-state index < -0.39 is 6.16 Å². The molecule has 3 nitrogen and oxygen atoms in total. The van der Waals surface area contributed by atoms with Gasteiger partial charge < -0.3 is 9.47 Å². The van der Waals surface area contributed by atoms with Gasteiger partial charge in [0.15, 0.2) is 0 Å². The molecular formula is C11H18O3. The highest BCUT2D eigenvalue weighted by molar-refractivity contribution is 5.59. The van der Waals surface area contributed by atoms with Crippen LogP contribution in [0.15, 0.2) is 12.2 Å². The smallest absolute Gasteiger partial charge is 0.438 e. The Morgan fingerprint density at radius 3 is 2.07 bits per heavy atom. The van der Waals surface area contributed by atoms with Crippen molar-refractivity contribution in [3.8, 4) is 0 Å². The molecule has 0 N–H and O–H groups in total. The summed E-state index contributed by atoms with van der Waals surface area (Å²) in [6.45, 7) is 2.09. The van der Waals surface area contributed by atoms with E-state index in [1.54, 1.807) is 6.92 Å². The van der Waals surface area contributed by atoms with Crippen LogP contribution in [0.5, 0.6) is 0 Å². The molecular weight excluding hydrogens is 180 g/mol. The molecule has 1 fully saturated rings. The highest BCUT2D eigenvalue weighted by Gasteiger charge is 2.25. The first-order valence-electron chi connectivity index (χ1n) is 5.15. The molecule has 0 heterocycles. The molecule has 14 heavy (non-hydrogen) atoms. The first-order valence-corrected chi connectivity index (χ1v) is 5.15. The van der Waals surface area contributed by atoms with Gasteiger partial charge in [-0.25, -0.2) is 4.79 Å². The Labute approximate surface area is 85.1 Å². The molecule has 0 aliphatic heterocycles. The summed E-state index contributed by atoms with van der Waals surface area (Å²) in [7, 11) is 1.28. The third-order valence-corrected chi connectivity index (χ3v) is 2.60. The van der Waals surface area contributed by atoms with E-state index >= 15 is 0 Å². The summed E-state index contributed by atoms with van der Waals surface area (Å²) in [5, 5.41) is 0. The van der Waals surface area contributed by atoms with E-state index in [4.69, 9.17) is 0 Å². The van der Waals surface area contributed by atoms with Gasteiger partial charge in [-0.15, -0.1) is 0 Å². The SMILES string of the molecule is C1=CC2CCC1C2.CCOC(=O)OC. The molecule has 2 aliphatic rings. The lowest BCUT2D eigenvalue weighted by molar-refractivity contribution is 0.0771. The zero-order valence-corrected chi connectivity index (χ0v) is 8.86. The average molecular weight is 198 g/mol. The highest BCUT2D eigenvalue weighted by atomic mass is 16.7. The molecule has 1 saturated carbocycles. The van der Waals surface area contributed by atoms with E-state index in [1.165, 1.54) is 26.4 Å². The molecule has 0 spiro atoms. The molecule has 0 aromatic heterocycles. The minimum atomic E-state index is -0.623. The summed E-state index contributed by atoms with van der Waals surface area (Å²) in [4.78, 5) is 9.97. The maximum Gasteiger partial charge on any atom is 0.507 e. The quantitative estimate of drug-likeness (QED) is 0.480. The fourth-order valence-electron chi connectivity index (χ4n) is 1.89. The maximum absolute atomic E-state index is 9.97. The lowest BCUT2D eigenvalue weighted by atomic mass is 10.1. The van der Waals surface area contributed by atoms with Crippen molar-refractivity contribution in [1.29, 1.82) is 0 Å². The first-order chi connectivity index (χ1) is 6.76. The standard InChI is InChI=1S/C7H10.C4H8O3/c1-2-7-4-3-6(1)5-7;1-3-7-4(5)6-2/h1-2,6-7H,3-5H2;3H2,1-2H3. The van der Waals surface area contributed by atoms with Crippen LogP contribution < -0.4 is 0 Å². The van der Waals surface area contributed by atoms with Gasteiger partial charge in [0, 0.05) is 0 Å². The molecule has 3 heteroatoms. The minimum absolute atomic E-state index is 0.368. The predicted octanol–water partition coefficient (Wildman–Crippen LogP) is 2.76. The summed E-state index contributed by atoms with van der Waals surface area (Å²) in [5.74, 6) is 1.98. The van der Waals surface area contributed by atoms with Gasteiger partial charge in [-0.3, -0.25) is 0 Å². The Kier molecular flexibility index (Phi) is 4.50. The molecule has 0 saturated heterocycles. The zero-order valence-electron chi connectivity index (χ0n) is 8.86. The highest BCUT2D eigenvalue weighted by Crippen LogP contribution is 2.38. The Morgan fingerprint density at radius 1 is 1.36 bits per heavy atom. The summed E-state index contributed by atoms with van der Waals surface area (Å²) < 4.78 is 8.46. The van der Waals surface area contributed by atoms with Crippen LogP contribution in [0.25, 0.3) is 0 Å². The summed E-state index contributed by atoms with van der Waals surface area (Å²) in [5.41, 5.74) is 0. The minimum Gasteiger partial charge on any atom is -0.438 e. The van der Waals surface area contributed by atoms with Gasteiger partial charge in [-0.1, -0.05) is 12.2 Å². The molecule has 2 unspecified atom stereocenters. The first kappa shape index (κ1) is 11.1. The Morgan fingerprint density at radius 2 is 1.93 bits per heavy atom. The monoisotopic (exact) mass is 198 g/mol. The van der Waals surface area contributed by atoms with Crippen molar-refractivity contribution >= 4 is 6.16 Å². The Bertz CT molecular complexity index is 199. The van der Waals surface area contributed by atoms with Crippen molar-refractivity contribution in [3.05, 3.63) is 12.2 Å². The third-order valence-electron chi connectivity index (χ3n) is 2.60. The summed E-state index contributed by atoms with van der Waals surface area (Å²) >= 11 is 0. The molecule has 2 atom stereocenters. The molecule has 2 bridgehead atoms. The van der Waals surface area contributed by atoms with E-state index in [0.717, 1.165) is 11.8 Å². The van der Waals surface area contributed by atoms with Gasteiger partial charge in [-0.05, 0) is 38.0 Å².